The Morgan fingerprint density at radius 1 is 1.06 bits per heavy atom. The predicted octanol–water partition coefficient (Wildman–Crippen LogP) is 4.95. The lowest BCUT2D eigenvalue weighted by atomic mass is 10.0. The summed E-state index contributed by atoms with van der Waals surface area (Å²) in [6.07, 6.45) is 2.22. The van der Waals surface area contributed by atoms with E-state index in [1.165, 1.54) is 23.4 Å². The molecule has 1 atom stereocenters. The molecule has 0 fully saturated rings. The Hall–Kier alpha value is -3.63. The normalized spacial score (nSPS) is 14.1. The average molecular weight is 474 g/mol. The van der Waals surface area contributed by atoms with Crippen LogP contribution in [0.1, 0.15) is 47.3 Å². The van der Waals surface area contributed by atoms with Crippen LogP contribution >= 0.6 is 0 Å². The zero-order valence-corrected chi connectivity index (χ0v) is 19.9. The number of fused-ring (bicyclic) bond motifs is 1. The Balaban J connectivity index is 1.50. The highest BCUT2D eigenvalue weighted by molar-refractivity contribution is 7.91. The highest BCUT2D eigenvalue weighted by atomic mass is 32.2. The second-order valence-corrected chi connectivity index (χ2v) is 10.6. The number of carbonyl (C=O) groups excluding carboxylic acids is 1. The molecule has 1 amide bonds. The molecule has 0 aliphatic carbocycles. The van der Waals surface area contributed by atoms with Crippen molar-refractivity contribution in [2.75, 3.05) is 17.2 Å². The smallest absolute Gasteiger partial charge is 0.251 e. The third kappa shape index (κ3) is 4.97. The fourth-order valence-corrected chi connectivity index (χ4v) is 5.14. The summed E-state index contributed by atoms with van der Waals surface area (Å²) in [6.45, 7) is 2.52. The molecule has 174 valence electrons. The van der Waals surface area contributed by atoms with Gasteiger partial charge in [-0.3, -0.25) is 4.79 Å². The largest absolute Gasteiger partial charge is 0.344 e. The minimum absolute atomic E-state index is 0.0176. The lowest BCUT2D eigenvalue weighted by molar-refractivity contribution is 0.0937. The molecule has 1 aliphatic heterocycles. The number of benzene rings is 3. The number of anilines is 2. The van der Waals surface area contributed by atoms with Gasteiger partial charge in [0.1, 0.15) is 0 Å². The van der Waals surface area contributed by atoms with Crippen molar-refractivity contribution < 1.29 is 13.2 Å². The van der Waals surface area contributed by atoms with Crippen LogP contribution in [0.25, 0.3) is 0 Å². The molecule has 1 N–H and O–H groups in total. The molecule has 34 heavy (non-hydrogen) atoms. The van der Waals surface area contributed by atoms with Gasteiger partial charge in [0.05, 0.1) is 29.2 Å². The van der Waals surface area contributed by atoms with Crippen LogP contribution in [0.2, 0.25) is 0 Å². The van der Waals surface area contributed by atoms with E-state index in [0.29, 0.717) is 11.1 Å². The summed E-state index contributed by atoms with van der Waals surface area (Å²) >= 11 is 0. The molecule has 1 aliphatic rings. The molecule has 3 aromatic rings. The van der Waals surface area contributed by atoms with Crippen LogP contribution in [-0.2, 0) is 16.3 Å². The van der Waals surface area contributed by atoms with Crippen LogP contribution in [0, 0.1) is 11.3 Å². The SMILES string of the molecule is CCS(=O)(=O)c1ccc([C@H](CC#N)NC(=O)c2ccc(N3CCCc4ccccc43)cc2)cc1. The molecule has 3 aromatic carbocycles. The standard InChI is InChI=1S/C27H27N3O3S/c1-2-34(32,33)24-15-11-20(12-16-24)25(17-18-28)29-27(31)22-9-13-23(14-10-22)30-19-5-7-21-6-3-4-8-26(21)30/h3-4,6,8-16,25H,2,5,7,17,19H2,1H3,(H,29,31)/t25-/m0/s1. The maximum absolute atomic E-state index is 12.9. The van der Waals surface area contributed by atoms with Gasteiger partial charge in [-0.1, -0.05) is 37.3 Å². The first-order valence-corrected chi connectivity index (χ1v) is 13.0. The number of sulfone groups is 1. The van der Waals surface area contributed by atoms with Crippen molar-refractivity contribution >= 4 is 27.1 Å². The van der Waals surface area contributed by atoms with E-state index in [0.717, 1.165) is 25.1 Å². The number of nitrogens with zero attached hydrogens (tertiary/aromatic N) is 2. The molecule has 1 heterocycles. The number of aryl methyl sites for hydroxylation is 1. The predicted molar refractivity (Wildman–Crippen MR) is 133 cm³/mol. The maximum Gasteiger partial charge on any atom is 0.251 e. The molecule has 0 unspecified atom stereocenters. The fourth-order valence-electron chi connectivity index (χ4n) is 4.25. The van der Waals surface area contributed by atoms with Gasteiger partial charge in [-0.25, -0.2) is 8.42 Å². The van der Waals surface area contributed by atoms with Gasteiger partial charge in [0.2, 0.25) is 0 Å². The topological polar surface area (TPSA) is 90.3 Å². The summed E-state index contributed by atoms with van der Waals surface area (Å²) in [4.78, 5) is 15.4. The third-order valence-corrected chi connectivity index (χ3v) is 7.92. The van der Waals surface area contributed by atoms with E-state index in [1.54, 1.807) is 31.2 Å². The highest BCUT2D eigenvalue weighted by Crippen LogP contribution is 2.33. The van der Waals surface area contributed by atoms with Gasteiger partial charge in [-0.2, -0.15) is 5.26 Å². The van der Waals surface area contributed by atoms with Crippen LogP contribution in [0.4, 0.5) is 11.4 Å². The minimum Gasteiger partial charge on any atom is -0.344 e. The summed E-state index contributed by atoms with van der Waals surface area (Å²) in [5.41, 5.74) is 4.75. The first kappa shape index (κ1) is 23.5. The summed E-state index contributed by atoms with van der Waals surface area (Å²) in [5.74, 6) is -0.264. The second-order valence-electron chi connectivity index (χ2n) is 8.29. The van der Waals surface area contributed by atoms with Crippen molar-refractivity contribution in [1.29, 1.82) is 5.26 Å². The van der Waals surface area contributed by atoms with E-state index in [9.17, 15) is 18.5 Å². The van der Waals surface area contributed by atoms with Gasteiger partial charge < -0.3 is 10.2 Å². The first-order valence-electron chi connectivity index (χ1n) is 11.4. The lowest BCUT2D eigenvalue weighted by Crippen LogP contribution is -2.28. The van der Waals surface area contributed by atoms with E-state index in [1.807, 2.05) is 18.2 Å². The highest BCUT2D eigenvalue weighted by Gasteiger charge is 2.20. The second kappa shape index (κ2) is 10.1. The number of amides is 1. The summed E-state index contributed by atoms with van der Waals surface area (Å²) in [6, 6.07) is 23.8. The van der Waals surface area contributed by atoms with Gasteiger partial charge >= 0.3 is 0 Å². The van der Waals surface area contributed by atoms with Crippen molar-refractivity contribution in [3.8, 4) is 6.07 Å². The zero-order valence-electron chi connectivity index (χ0n) is 19.1. The molecule has 0 saturated heterocycles. The average Bonchev–Trinajstić information content (AvgIpc) is 2.88. The van der Waals surface area contributed by atoms with Crippen molar-refractivity contribution in [1.82, 2.24) is 5.32 Å². The Morgan fingerprint density at radius 3 is 2.44 bits per heavy atom. The van der Waals surface area contributed by atoms with Crippen molar-refractivity contribution in [3.05, 3.63) is 89.5 Å². The van der Waals surface area contributed by atoms with Crippen LogP contribution in [0.15, 0.2) is 77.7 Å². The number of carbonyl (C=O) groups is 1. The summed E-state index contributed by atoms with van der Waals surface area (Å²) in [7, 11) is -3.31. The van der Waals surface area contributed by atoms with E-state index in [4.69, 9.17) is 0 Å². The molecule has 7 heteroatoms. The summed E-state index contributed by atoms with van der Waals surface area (Å²) in [5, 5.41) is 12.2. The minimum atomic E-state index is -3.31. The number of nitriles is 1. The Morgan fingerprint density at radius 2 is 1.76 bits per heavy atom. The quantitative estimate of drug-likeness (QED) is 0.524. The van der Waals surface area contributed by atoms with Crippen LogP contribution in [-0.4, -0.2) is 26.6 Å². The van der Waals surface area contributed by atoms with E-state index in [2.05, 4.69) is 34.5 Å². The number of nitrogens with one attached hydrogen (secondary N) is 1. The molecular formula is C27H27N3O3S. The molecule has 0 spiro atoms. The maximum atomic E-state index is 12.9. The zero-order chi connectivity index (χ0) is 24.1. The van der Waals surface area contributed by atoms with Crippen LogP contribution in [0.5, 0.6) is 0 Å². The van der Waals surface area contributed by atoms with Gasteiger partial charge in [0.25, 0.3) is 5.91 Å². The van der Waals surface area contributed by atoms with Crippen LogP contribution in [0.3, 0.4) is 0 Å². The van der Waals surface area contributed by atoms with Gasteiger partial charge in [0, 0.05) is 23.5 Å². The molecular weight excluding hydrogens is 446 g/mol. The molecule has 0 bridgehead atoms. The Kier molecular flexibility index (Phi) is 6.99. The Labute approximate surface area is 200 Å². The molecule has 0 aromatic heterocycles. The third-order valence-electron chi connectivity index (χ3n) is 6.17. The number of hydrogen-bond donors (Lipinski definition) is 1. The summed E-state index contributed by atoms with van der Waals surface area (Å²) < 4.78 is 24.1. The number of hydrogen-bond acceptors (Lipinski definition) is 5. The number of para-hydroxylation sites is 1. The van der Waals surface area contributed by atoms with Crippen molar-refractivity contribution in [2.24, 2.45) is 0 Å². The molecule has 6 nitrogen and oxygen atoms in total. The van der Waals surface area contributed by atoms with Crippen LogP contribution < -0.4 is 10.2 Å². The van der Waals surface area contributed by atoms with Gasteiger partial charge in [0.15, 0.2) is 9.84 Å². The lowest BCUT2D eigenvalue weighted by Gasteiger charge is -2.31. The molecule has 0 radical (unpaired) electrons. The van der Waals surface area contributed by atoms with E-state index >= 15 is 0 Å². The van der Waals surface area contributed by atoms with E-state index < -0.39 is 15.9 Å². The fraction of sp³-hybridized carbons (Fsp3) is 0.259. The Bertz CT molecular complexity index is 1310. The number of rotatable bonds is 7. The first-order chi connectivity index (χ1) is 16.4. The van der Waals surface area contributed by atoms with Crippen molar-refractivity contribution in [2.45, 2.75) is 37.1 Å². The molecule has 4 rings (SSSR count). The monoisotopic (exact) mass is 473 g/mol. The van der Waals surface area contributed by atoms with Crippen molar-refractivity contribution in [3.63, 3.8) is 0 Å². The van der Waals surface area contributed by atoms with Gasteiger partial charge in [-0.15, -0.1) is 0 Å². The van der Waals surface area contributed by atoms with E-state index in [-0.39, 0.29) is 23.0 Å². The molecule has 0 saturated carbocycles. The van der Waals surface area contributed by atoms with Gasteiger partial charge in [-0.05, 0) is 66.4 Å².